The Morgan fingerprint density at radius 3 is 2.46 bits per heavy atom. The largest absolute Gasteiger partial charge is 0.123 e. The molecule has 1 aliphatic carbocycles. The summed E-state index contributed by atoms with van der Waals surface area (Å²) >= 11 is 5.96. The van der Waals surface area contributed by atoms with Gasteiger partial charge in [-0.15, -0.1) is 11.6 Å². The summed E-state index contributed by atoms with van der Waals surface area (Å²) in [7, 11) is 0. The maximum atomic E-state index is 5.96. The van der Waals surface area contributed by atoms with Crippen LogP contribution in [0.3, 0.4) is 0 Å². The molecule has 1 aliphatic rings. The van der Waals surface area contributed by atoms with Gasteiger partial charge in [0.05, 0.1) is 0 Å². The highest BCUT2D eigenvalue weighted by Gasteiger charge is 2.24. The van der Waals surface area contributed by atoms with E-state index < -0.39 is 0 Å². The first kappa shape index (κ1) is 11.4. The van der Waals surface area contributed by atoms with Gasteiger partial charge in [0.15, 0.2) is 0 Å². The normalized spacial score (nSPS) is 37.4. The standard InChI is InChI=1S/C12H23Cl/c1-9-4-6-12(8-10(9)2)7-5-11(3)13/h9-12H,4-8H2,1-3H3. The molecule has 0 bridgehead atoms. The molecule has 0 aromatic carbocycles. The summed E-state index contributed by atoms with van der Waals surface area (Å²) in [4.78, 5) is 0. The lowest BCUT2D eigenvalue weighted by molar-refractivity contribution is 0.198. The second-order valence-corrected chi connectivity index (χ2v) is 5.74. The van der Waals surface area contributed by atoms with Crippen molar-refractivity contribution in [3.8, 4) is 0 Å². The number of rotatable bonds is 3. The van der Waals surface area contributed by atoms with Crippen molar-refractivity contribution in [3.63, 3.8) is 0 Å². The molecule has 13 heavy (non-hydrogen) atoms. The Balaban J connectivity index is 2.21. The van der Waals surface area contributed by atoms with Gasteiger partial charge in [0, 0.05) is 5.38 Å². The molecular formula is C12H23Cl. The molecule has 1 fully saturated rings. The topological polar surface area (TPSA) is 0 Å². The fourth-order valence-corrected chi connectivity index (χ4v) is 2.51. The van der Waals surface area contributed by atoms with Crippen molar-refractivity contribution in [3.05, 3.63) is 0 Å². The minimum Gasteiger partial charge on any atom is -0.123 e. The Labute approximate surface area is 88.1 Å². The molecule has 0 amide bonds. The van der Waals surface area contributed by atoms with Crippen molar-refractivity contribution in [1.82, 2.24) is 0 Å². The highest BCUT2D eigenvalue weighted by molar-refractivity contribution is 6.20. The number of hydrogen-bond acceptors (Lipinski definition) is 0. The zero-order chi connectivity index (χ0) is 9.84. The van der Waals surface area contributed by atoms with Crippen LogP contribution in [0.15, 0.2) is 0 Å². The Hall–Kier alpha value is 0.290. The van der Waals surface area contributed by atoms with Gasteiger partial charge in [0.25, 0.3) is 0 Å². The molecule has 0 saturated heterocycles. The van der Waals surface area contributed by atoms with Crippen LogP contribution < -0.4 is 0 Å². The van der Waals surface area contributed by atoms with Crippen LogP contribution in [0.1, 0.15) is 52.9 Å². The highest BCUT2D eigenvalue weighted by Crippen LogP contribution is 2.35. The summed E-state index contributed by atoms with van der Waals surface area (Å²) in [5.74, 6) is 2.85. The molecule has 4 unspecified atom stereocenters. The van der Waals surface area contributed by atoms with E-state index in [1.807, 2.05) is 0 Å². The second kappa shape index (κ2) is 5.24. The second-order valence-electron chi connectivity index (χ2n) is 4.99. The molecule has 0 N–H and O–H groups in total. The first-order valence-corrected chi connectivity index (χ1v) is 6.17. The molecule has 0 nitrogen and oxygen atoms in total. The SMILES string of the molecule is CC(Cl)CCC1CCC(C)C(C)C1. The Morgan fingerprint density at radius 2 is 1.92 bits per heavy atom. The summed E-state index contributed by atoms with van der Waals surface area (Å²) in [6.07, 6.45) is 6.86. The van der Waals surface area contributed by atoms with Crippen LogP contribution in [0.5, 0.6) is 0 Å². The first-order valence-electron chi connectivity index (χ1n) is 5.73. The van der Waals surface area contributed by atoms with Crippen LogP contribution in [0, 0.1) is 17.8 Å². The van der Waals surface area contributed by atoms with Gasteiger partial charge in [-0.2, -0.15) is 0 Å². The molecule has 1 heteroatoms. The van der Waals surface area contributed by atoms with E-state index in [0.717, 1.165) is 17.8 Å². The van der Waals surface area contributed by atoms with Gasteiger partial charge in [-0.1, -0.05) is 26.7 Å². The third-order valence-corrected chi connectivity index (χ3v) is 3.90. The monoisotopic (exact) mass is 202 g/mol. The maximum Gasteiger partial charge on any atom is 0.0307 e. The van der Waals surface area contributed by atoms with Gasteiger partial charge in [0.2, 0.25) is 0 Å². The lowest BCUT2D eigenvalue weighted by Gasteiger charge is -2.32. The summed E-state index contributed by atoms with van der Waals surface area (Å²) < 4.78 is 0. The molecule has 1 rings (SSSR count). The summed E-state index contributed by atoms with van der Waals surface area (Å²) in [5, 5.41) is 0.370. The van der Waals surface area contributed by atoms with E-state index in [1.165, 1.54) is 32.1 Å². The lowest BCUT2D eigenvalue weighted by atomic mass is 9.74. The van der Waals surface area contributed by atoms with Crippen molar-refractivity contribution >= 4 is 11.6 Å². The minimum atomic E-state index is 0.370. The average Bonchev–Trinajstić information content (AvgIpc) is 2.07. The Kier molecular flexibility index (Phi) is 4.58. The third kappa shape index (κ3) is 3.89. The fraction of sp³-hybridized carbons (Fsp3) is 1.00. The van der Waals surface area contributed by atoms with Crippen molar-refractivity contribution in [2.24, 2.45) is 17.8 Å². The number of alkyl halides is 1. The molecule has 0 aromatic heterocycles. The molecule has 0 aliphatic heterocycles. The van der Waals surface area contributed by atoms with E-state index in [4.69, 9.17) is 11.6 Å². The minimum absolute atomic E-state index is 0.370. The maximum absolute atomic E-state index is 5.96. The quantitative estimate of drug-likeness (QED) is 0.593. The molecule has 78 valence electrons. The van der Waals surface area contributed by atoms with Gasteiger partial charge < -0.3 is 0 Å². The molecule has 0 heterocycles. The van der Waals surface area contributed by atoms with Crippen LogP contribution in [0.4, 0.5) is 0 Å². The zero-order valence-corrected chi connectivity index (χ0v) is 9.98. The van der Waals surface area contributed by atoms with E-state index >= 15 is 0 Å². The molecule has 1 saturated carbocycles. The van der Waals surface area contributed by atoms with Gasteiger partial charge in [-0.05, 0) is 43.9 Å². The molecule has 0 aromatic rings. The van der Waals surface area contributed by atoms with Crippen LogP contribution in [0.2, 0.25) is 0 Å². The van der Waals surface area contributed by atoms with Crippen LogP contribution in [-0.2, 0) is 0 Å². The van der Waals surface area contributed by atoms with E-state index in [2.05, 4.69) is 20.8 Å². The van der Waals surface area contributed by atoms with Crippen LogP contribution >= 0.6 is 11.6 Å². The van der Waals surface area contributed by atoms with Crippen molar-refractivity contribution in [2.45, 2.75) is 58.3 Å². The van der Waals surface area contributed by atoms with Gasteiger partial charge in [-0.25, -0.2) is 0 Å². The van der Waals surface area contributed by atoms with E-state index in [1.54, 1.807) is 0 Å². The highest BCUT2D eigenvalue weighted by atomic mass is 35.5. The van der Waals surface area contributed by atoms with Crippen molar-refractivity contribution < 1.29 is 0 Å². The van der Waals surface area contributed by atoms with Crippen molar-refractivity contribution in [2.75, 3.05) is 0 Å². The smallest absolute Gasteiger partial charge is 0.0307 e. The molecule has 0 radical (unpaired) electrons. The first-order chi connectivity index (χ1) is 6.09. The molecule has 0 spiro atoms. The Morgan fingerprint density at radius 1 is 1.23 bits per heavy atom. The zero-order valence-electron chi connectivity index (χ0n) is 9.22. The lowest BCUT2D eigenvalue weighted by Crippen LogP contribution is -2.21. The molecule has 4 atom stereocenters. The van der Waals surface area contributed by atoms with E-state index in [9.17, 15) is 0 Å². The summed E-state index contributed by atoms with van der Waals surface area (Å²) in [6, 6.07) is 0. The van der Waals surface area contributed by atoms with E-state index in [-0.39, 0.29) is 0 Å². The van der Waals surface area contributed by atoms with E-state index in [0.29, 0.717) is 5.38 Å². The third-order valence-electron chi connectivity index (χ3n) is 3.68. The predicted octanol–water partition coefficient (Wildman–Crippen LogP) is 4.47. The molecular weight excluding hydrogens is 180 g/mol. The van der Waals surface area contributed by atoms with Gasteiger partial charge >= 0.3 is 0 Å². The number of hydrogen-bond donors (Lipinski definition) is 0. The summed E-state index contributed by atoms with van der Waals surface area (Å²) in [6.45, 7) is 6.91. The summed E-state index contributed by atoms with van der Waals surface area (Å²) in [5.41, 5.74) is 0. The van der Waals surface area contributed by atoms with Crippen molar-refractivity contribution in [1.29, 1.82) is 0 Å². The predicted molar refractivity (Wildman–Crippen MR) is 60.2 cm³/mol. The number of halogens is 1. The average molecular weight is 203 g/mol. The van der Waals surface area contributed by atoms with Crippen LogP contribution in [-0.4, -0.2) is 5.38 Å². The van der Waals surface area contributed by atoms with Crippen LogP contribution in [0.25, 0.3) is 0 Å². The van der Waals surface area contributed by atoms with Gasteiger partial charge in [-0.3, -0.25) is 0 Å². The van der Waals surface area contributed by atoms with Gasteiger partial charge in [0.1, 0.15) is 0 Å². The Bertz CT molecular complexity index is 142. The fourth-order valence-electron chi connectivity index (χ4n) is 2.39.